The Morgan fingerprint density at radius 2 is 1.93 bits per heavy atom. The summed E-state index contributed by atoms with van der Waals surface area (Å²) >= 11 is 2.24. The molecule has 1 aliphatic rings. The van der Waals surface area contributed by atoms with Gasteiger partial charge in [0.05, 0.1) is 0 Å². The summed E-state index contributed by atoms with van der Waals surface area (Å²) in [7, 11) is 0. The maximum absolute atomic E-state index is 11.2. The van der Waals surface area contributed by atoms with Crippen molar-refractivity contribution in [1.82, 2.24) is 0 Å². The molecule has 0 amide bonds. The molecule has 0 N–H and O–H groups in total. The van der Waals surface area contributed by atoms with Gasteiger partial charge in [-0.15, -0.1) is 0 Å². The molecule has 86 valence electrons. The number of halogens is 1. The molecule has 0 radical (unpaired) electrons. The zero-order valence-electron chi connectivity index (χ0n) is 9.51. The molecule has 0 aliphatic carbocycles. The van der Waals surface area contributed by atoms with Crippen molar-refractivity contribution in [3.05, 3.63) is 9.15 Å². The molecule has 2 nitrogen and oxygen atoms in total. The fourth-order valence-electron chi connectivity index (χ4n) is 1.73. The summed E-state index contributed by atoms with van der Waals surface area (Å²) in [6, 6.07) is 0. The number of carbonyl (C=O) groups is 1. The van der Waals surface area contributed by atoms with Gasteiger partial charge in [0, 0.05) is 9.15 Å². The standard InChI is InChI=1S/C12H19IO2/c1-3-4-5-6-7-8-10-11(13)9(2)12(14)15-10/h10H,3-8H2,1-2H3. The summed E-state index contributed by atoms with van der Waals surface area (Å²) in [5, 5.41) is 0. The van der Waals surface area contributed by atoms with Crippen LogP contribution in [0.1, 0.15) is 52.4 Å². The minimum absolute atomic E-state index is 0.0553. The molecule has 1 aliphatic heterocycles. The van der Waals surface area contributed by atoms with Crippen LogP contribution in [0.3, 0.4) is 0 Å². The monoisotopic (exact) mass is 322 g/mol. The van der Waals surface area contributed by atoms with Crippen LogP contribution < -0.4 is 0 Å². The van der Waals surface area contributed by atoms with E-state index in [9.17, 15) is 4.79 Å². The van der Waals surface area contributed by atoms with Crippen LogP contribution in [0.25, 0.3) is 0 Å². The van der Waals surface area contributed by atoms with Crippen LogP contribution in [0, 0.1) is 0 Å². The summed E-state index contributed by atoms with van der Waals surface area (Å²) in [6.07, 6.45) is 7.36. The van der Waals surface area contributed by atoms with E-state index in [4.69, 9.17) is 4.74 Å². The summed E-state index contributed by atoms with van der Waals surface area (Å²) in [5.74, 6) is -0.127. The third-order valence-corrected chi connectivity index (χ3v) is 4.27. The van der Waals surface area contributed by atoms with E-state index in [0.29, 0.717) is 0 Å². The van der Waals surface area contributed by atoms with Crippen molar-refractivity contribution in [3.63, 3.8) is 0 Å². The van der Waals surface area contributed by atoms with Crippen LogP contribution in [0.4, 0.5) is 0 Å². The Kier molecular flexibility index (Phi) is 5.64. The van der Waals surface area contributed by atoms with E-state index in [1.165, 1.54) is 25.7 Å². The smallest absolute Gasteiger partial charge is 0.335 e. The molecule has 0 saturated heterocycles. The summed E-state index contributed by atoms with van der Waals surface area (Å²) in [6.45, 7) is 4.06. The lowest BCUT2D eigenvalue weighted by Crippen LogP contribution is -2.09. The predicted molar refractivity (Wildman–Crippen MR) is 70.0 cm³/mol. The lowest BCUT2D eigenvalue weighted by Gasteiger charge is -2.09. The lowest BCUT2D eigenvalue weighted by atomic mass is 10.1. The summed E-state index contributed by atoms with van der Waals surface area (Å²) in [5.41, 5.74) is 0.800. The third kappa shape index (κ3) is 3.78. The van der Waals surface area contributed by atoms with Gasteiger partial charge in [0.25, 0.3) is 0 Å². The molecule has 0 aromatic rings. The van der Waals surface area contributed by atoms with Gasteiger partial charge in [0.2, 0.25) is 0 Å². The van der Waals surface area contributed by atoms with Gasteiger partial charge in [-0.3, -0.25) is 0 Å². The Bertz CT molecular complexity index is 258. The molecule has 1 unspecified atom stereocenters. The molecule has 0 aromatic carbocycles. The molecule has 1 atom stereocenters. The molecule has 0 bridgehead atoms. The number of carbonyl (C=O) groups excluding carboxylic acids is 1. The molecule has 0 spiro atoms. The minimum atomic E-state index is -0.127. The minimum Gasteiger partial charge on any atom is -0.454 e. The average Bonchev–Trinajstić information content (AvgIpc) is 2.46. The lowest BCUT2D eigenvalue weighted by molar-refractivity contribution is -0.139. The number of hydrogen-bond acceptors (Lipinski definition) is 2. The number of hydrogen-bond donors (Lipinski definition) is 0. The van der Waals surface area contributed by atoms with Crippen molar-refractivity contribution in [3.8, 4) is 0 Å². The van der Waals surface area contributed by atoms with Crippen LogP contribution in [-0.4, -0.2) is 12.1 Å². The second kappa shape index (κ2) is 6.51. The first kappa shape index (κ1) is 13.0. The van der Waals surface area contributed by atoms with Gasteiger partial charge in [-0.2, -0.15) is 0 Å². The third-order valence-electron chi connectivity index (χ3n) is 2.77. The first-order valence-electron chi connectivity index (χ1n) is 5.74. The SMILES string of the molecule is CCCCCCCC1OC(=O)C(C)=C1I. The molecular weight excluding hydrogens is 303 g/mol. The molecular formula is C12H19IO2. The number of esters is 1. The number of unbranched alkanes of at least 4 members (excludes halogenated alkanes) is 4. The van der Waals surface area contributed by atoms with Gasteiger partial charge < -0.3 is 4.74 Å². The largest absolute Gasteiger partial charge is 0.454 e. The Hall–Kier alpha value is -0.0600. The Morgan fingerprint density at radius 1 is 1.27 bits per heavy atom. The summed E-state index contributed by atoms with van der Waals surface area (Å²) in [4.78, 5) is 11.2. The second-order valence-electron chi connectivity index (χ2n) is 4.07. The van der Waals surface area contributed by atoms with Crippen molar-refractivity contribution in [2.24, 2.45) is 0 Å². The second-order valence-corrected chi connectivity index (χ2v) is 5.23. The quantitative estimate of drug-likeness (QED) is 0.420. The van der Waals surface area contributed by atoms with E-state index in [0.717, 1.165) is 22.0 Å². The molecule has 1 rings (SSSR count). The van der Waals surface area contributed by atoms with Crippen LogP contribution in [0.15, 0.2) is 9.15 Å². The van der Waals surface area contributed by atoms with E-state index in [2.05, 4.69) is 29.5 Å². The maximum Gasteiger partial charge on any atom is 0.335 e. The van der Waals surface area contributed by atoms with Gasteiger partial charge in [-0.05, 0) is 42.4 Å². The van der Waals surface area contributed by atoms with Crippen molar-refractivity contribution in [2.45, 2.75) is 58.5 Å². The highest BCUT2D eigenvalue weighted by atomic mass is 127. The molecule has 3 heteroatoms. The van der Waals surface area contributed by atoms with Crippen molar-refractivity contribution < 1.29 is 9.53 Å². The first-order valence-corrected chi connectivity index (χ1v) is 6.82. The van der Waals surface area contributed by atoms with Gasteiger partial charge in [0.15, 0.2) is 0 Å². The first-order chi connectivity index (χ1) is 7.16. The highest BCUT2D eigenvalue weighted by Crippen LogP contribution is 2.31. The fraction of sp³-hybridized carbons (Fsp3) is 0.750. The van der Waals surface area contributed by atoms with Gasteiger partial charge in [-0.25, -0.2) is 4.79 Å². The van der Waals surface area contributed by atoms with Crippen molar-refractivity contribution >= 4 is 28.6 Å². The van der Waals surface area contributed by atoms with Gasteiger partial charge >= 0.3 is 5.97 Å². The zero-order valence-corrected chi connectivity index (χ0v) is 11.7. The number of ether oxygens (including phenoxy) is 1. The van der Waals surface area contributed by atoms with Crippen LogP contribution in [0.5, 0.6) is 0 Å². The van der Waals surface area contributed by atoms with E-state index in [1.54, 1.807) is 0 Å². The number of cyclic esters (lactones) is 1. The highest BCUT2D eigenvalue weighted by Gasteiger charge is 2.28. The molecule has 15 heavy (non-hydrogen) atoms. The van der Waals surface area contributed by atoms with Crippen molar-refractivity contribution in [1.29, 1.82) is 0 Å². The molecule has 1 heterocycles. The van der Waals surface area contributed by atoms with Crippen LogP contribution >= 0.6 is 22.6 Å². The zero-order chi connectivity index (χ0) is 11.3. The Morgan fingerprint density at radius 3 is 2.47 bits per heavy atom. The van der Waals surface area contributed by atoms with E-state index >= 15 is 0 Å². The molecule has 0 saturated carbocycles. The Labute approximate surface area is 106 Å². The van der Waals surface area contributed by atoms with Crippen LogP contribution in [-0.2, 0) is 9.53 Å². The Balaban J connectivity index is 2.21. The topological polar surface area (TPSA) is 26.3 Å². The van der Waals surface area contributed by atoms with Gasteiger partial charge in [0.1, 0.15) is 6.10 Å². The van der Waals surface area contributed by atoms with E-state index in [1.807, 2.05) is 6.92 Å². The molecule has 0 aromatic heterocycles. The van der Waals surface area contributed by atoms with Crippen LogP contribution in [0.2, 0.25) is 0 Å². The van der Waals surface area contributed by atoms with E-state index in [-0.39, 0.29) is 12.1 Å². The van der Waals surface area contributed by atoms with E-state index < -0.39 is 0 Å². The average molecular weight is 322 g/mol. The maximum atomic E-state index is 11.2. The normalized spacial score (nSPS) is 21.0. The predicted octanol–water partition coefficient (Wildman–Crippen LogP) is 3.98. The van der Waals surface area contributed by atoms with Gasteiger partial charge in [-0.1, -0.05) is 32.6 Å². The fourth-order valence-corrected chi connectivity index (χ4v) is 2.39. The van der Waals surface area contributed by atoms with Crippen molar-refractivity contribution in [2.75, 3.05) is 0 Å². The highest BCUT2D eigenvalue weighted by molar-refractivity contribution is 14.1. The number of rotatable bonds is 6. The molecule has 0 fully saturated rings. The summed E-state index contributed by atoms with van der Waals surface area (Å²) < 4.78 is 6.38.